The van der Waals surface area contributed by atoms with E-state index < -0.39 is 0 Å². The molecule has 3 aromatic rings. The molecular weight excluding hydrogens is 412 g/mol. The zero-order valence-corrected chi connectivity index (χ0v) is 18.3. The number of anilines is 3. The summed E-state index contributed by atoms with van der Waals surface area (Å²) >= 11 is 8.17. The van der Waals surface area contributed by atoms with Crippen LogP contribution in [0, 0.1) is 5.92 Å². The SMILES string of the molecule is CN1c2ccccc2Sc2cc([C@H]3Nc4ccc(Cl)cc4[C@@H]4OCCC[C@H]34)ccc21. The second-order valence-corrected chi connectivity index (χ2v) is 9.83. The average molecular weight is 435 g/mol. The van der Waals surface area contributed by atoms with Crippen molar-refractivity contribution in [2.75, 3.05) is 23.9 Å². The predicted molar refractivity (Wildman–Crippen MR) is 124 cm³/mol. The summed E-state index contributed by atoms with van der Waals surface area (Å²) in [5, 5.41) is 4.59. The third kappa shape index (κ3) is 2.93. The summed E-state index contributed by atoms with van der Waals surface area (Å²) in [7, 11) is 2.15. The second kappa shape index (κ2) is 7.23. The van der Waals surface area contributed by atoms with E-state index in [4.69, 9.17) is 16.3 Å². The number of benzene rings is 3. The van der Waals surface area contributed by atoms with Crippen molar-refractivity contribution in [3.63, 3.8) is 0 Å². The Bertz CT molecular complexity index is 1130. The van der Waals surface area contributed by atoms with Crippen molar-refractivity contribution in [3.8, 4) is 0 Å². The highest BCUT2D eigenvalue weighted by molar-refractivity contribution is 7.99. The Hall–Kier alpha value is -2.14. The van der Waals surface area contributed by atoms with E-state index >= 15 is 0 Å². The minimum atomic E-state index is 0.103. The molecule has 0 spiro atoms. The Balaban J connectivity index is 1.40. The lowest BCUT2D eigenvalue weighted by atomic mass is 9.77. The Morgan fingerprint density at radius 2 is 1.90 bits per heavy atom. The third-order valence-corrected chi connectivity index (χ3v) is 7.93. The maximum absolute atomic E-state index is 6.30. The van der Waals surface area contributed by atoms with Crippen molar-refractivity contribution >= 4 is 40.4 Å². The Labute approximate surface area is 186 Å². The Morgan fingerprint density at radius 3 is 2.83 bits per heavy atom. The van der Waals surface area contributed by atoms with Crippen LogP contribution in [0.3, 0.4) is 0 Å². The molecule has 0 bridgehead atoms. The molecule has 0 aromatic heterocycles. The lowest BCUT2D eigenvalue weighted by Gasteiger charge is -2.43. The molecule has 0 saturated carbocycles. The van der Waals surface area contributed by atoms with Gasteiger partial charge in [0.1, 0.15) is 0 Å². The summed E-state index contributed by atoms with van der Waals surface area (Å²) in [6, 6.07) is 21.9. The molecule has 3 aliphatic rings. The van der Waals surface area contributed by atoms with Crippen molar-refractivity contribution in [3.05, 3.63) is 76.8 Å². The molecule has 0 aliphatic carbocycles. The molecule has 3 aromatic carbocycles. The Kier molecular flexibility index (Phi) is 4.48. The number of para-hydroxylation sites is 1. The van der Waals surface area contributed by atoms with E-state index in [1.807, 2.05) is 17.8 Å². The van der Waals surface area contributed by atoms with Gasteiger partial charge in [-0.15, -0.1) is 0 Å². The molecule has 30 heavy (non-hydrogen) atoms. The van der Waals surface area contributed by atoms with Gasteiger partial charge in [-0.1, -0.05) is 41.6 Å². The molecule has 3 nitrogen and oxygen atoms in total. The number of hydrogen-bond acceptors (Lipinski definition) is 4. The van der Waals surface area contributed by atoms with E-state index in [1.165, 1.54) is 32.3 Å². The summed E-state index contributed by atoms with van der Waals surface area (Å²) in [6.45, 7) is 0.821. The smallest absolute Gasteiger partial charge is 0.0896 e. The summed E-state index contributed by atoms with van der Waals surface area (Å²) < 4.78 is 6.28. The maximum Gasteiger partial charge on any atom is 0.0896 e. The molecule has 6 rings (SSSR count). The van der Waals surface area contributed by atoms with Crippen LogP contribution in [-0.4, -0.2) is 13.7 Å². The lowest BCUT2D eigenvalue weighted by Crippen LogP contribution is -2.36. The van der Waals surface area contributed by atoms with Crippen LogP contribution in [0.25, 0.3) is 0 Å². The fourth-order valence-electron chi connectivity index (χ4n) is 5.12. The van der Waals surface area contributed by atoms with Crippen LogP contribution in [0.1, 0.15) is 36.1 Å². The molecule has 152 valence electrons. The highest BCUT2D eigenvalue weighted by atomic mass is 35.5. The molecule has 1 saturated heterocycles. The quantitative estimate of drug-likeness (QED) is 0.437. The van der Waals surface area contributed by atoms with E-state index in [0.717, 1.165) is 30.2 Å². The van der Waals surface area contributed by atoms with Crippen molar-refractivity contribution in [1.82, 2.24) is 0 Å². The van der Waals surface area contributed by atoms with E-state index in [-0.39, 0.29) is 12.1 Å². The molecule has 3 heterocycles. The van der Waals surface area contributed by atoms with Gasteiger partial charge < -0.3 is 15.0 Å². The van der Waals surface area contributed by atoms with Gasteiger partial charge in [-0.3, -0.25) is 0 Å². The van der Waals surface area contributed by atoms with Crippen LogP contribution in [0.4, 0.5) is 17.1 Å². The van der Waals surface area contributed by atoms with Crippen LogP contribution < -0.4 is 10.2 Å². The van der Waals surface area contributed by atoms with Gasteiger partial charge in [0.25, 0.3) is 0 Å². The summed E-state index contributed by atoms with van der Waals surface area (Å²) in [5.41, 5.74) is 6.20. The molecule has 3 atom stereocenters. The Morgan fingerprint density at radius 1 is 1.03 bits per heavy atom. The van der Waals surface area contributed by atoms with Crippen LogP contribution in [0.15, 0.2) is 70.5 Å². The average Bonchev–Trinajstić information content (AvgIpc) is 2.78. The first-order valence-electron chi connectivity index (χ1n) is 10.5. The first kappa shape index (κ1) is 18.6. The molecular formula is C25H23ClN2OS. The molecule has 0 unspecified atom stereocenters. The topological polar surface area (TPSA) is 24.5 Å². The van der Waals surface area contributed by atoms with Gasteiger partial charge in [0.05, 0.1) is 23.5 Å². The van der Waals surface area contributed by atoms with Crippen molar-refractivity contribution in [1.29, 1.82) is 0 Å². The van der Waals surface area contributed by atoms with Crippen molar-refractivity contribution in [2.24, 2.45) is 5.92 Å². The number of ether oxygens (including phenoxy) is 1. The summed E-state index contributed by atoms with van der Waals surface area (Å²) in [5.74, 6) is 0.404. The summed E-state index contributed by atoms with van der Waals surface area (Å²) in [6.07, 6.45) is 2.36. The largest absolute Gasteiger partial charge is 0.378 e. The van der Waals surface area contributed by atoms with E-state index in [0.29, 0.717) is 5.92 Å². The number of rotatable bonds is 1. The van der Waals surface area contributed by atoms with Gasteiger partial charge in [-0.05, 0) is 60.9 Å². The number of nitrogens with zero attached hydrogens (tertiary/aromatic N) is 1. The standard InChI is InChI=1S/C25H23ClN2OS/c1-28-20-6-2-3-7-22(20)30-23-13-15(8-11-21(23)28)24-17-5-4-12-29-25(17)18-14-16(26)9-10-19(18)27-24/h2-3,6-11,13-14,17,24-25,27H,4-5,12H2,1H3/t17-,24-,25-/m1/s1. The highest BCUT2D eigenvalue weighted by Gasteiger charge is 2.40. The fraction of sp³-hybridized carbons (Fsp3) is 0.280. The zero-order chi connectivity index (χ0) is 20.2. The van der Waals surface area contributed by atoms with Gasteiger partial charge in [0, 0.05) is 45.6 Å². The van der Waals surface area contributed by atoms with E-state index in [9.17, 15) is 0 Å². The number of nitrogens with one attached hydrogen (secondary N) is 1. The molecule has 1 fully saturated rings. The van der Waals surface area contributed by atoms with E-state index in [1.54, 1.807) is 0 Å². The number of hydrogen-bond donors (Lipinski definition) is 1. The molecule has 1 N–H and O–H groups in total. The monoisotopic (exact) mass is 434 g/mol. The fourth-order valence-corrected chi connectivity index (χ4v) is 6.50. The predicted octanol–water partition coefficient (Wildman–Crippen LogP) is 7.21. The lowest BCUT2D eigenvalue weighted by molar-refractivity contribution is -0.0381. The number of halogens is 1. The van der Waals surface area contributed by atoms with Gasteiger partial charge in [0.15, 0.2) is 0 Å². The van der Waals surface area contributed by atoms with Crippen LogP contribution >= 0.6 is 23.4 Å². The first-order chi connectivity index (χ1) is 14.7. The van der Waals surface area contributed by atoms with E-state index in [2.05, 4.69) is 71.9 Å². The van der Waals surface area contributed by atoms with Gasteiger partial charge in [-0.25, -0.2) is 0 Å². The molecule has 0 amide bonds. The normalized spacial score (nSPS) is 24.2. The minimum Gasteiger partial charge on any atom is -0.378 e. The first-order valence-corrected chi connectivity index (χ1v) is 11.7. The van der Waals surface area contributed by atoms with Crippen LogP contribution in [-0.2, 0) is 4.74 Å². The van der Waals surface area contributed by atoms with Gasteiger partial charge >= 0.3 is 0 Å². The zero-order valence-electron chi connectivity index (χ0n) is 16.8. The van der Waals surface area contributed by atoms with Crippen LogP contribution in [0.5, 0.6) is 0 Å². The van der Waals surface area contributed by atoms with Crippen LogP contribution in [0.2, 0.25) is 5.02 Å². The highest BCUT2D eigenvalue weighted by Crippen LogP contribution is 2.52. The minimum absolute atomic E-state index is 0.103. The maximum atomic E-state index is 6.30. The van der Waals surface area contributed by atoms with Gasteiger partial charge in [0.2, 0.25) is 0 Å². The van der Waals surface area contributed by atoms with Gasteiger partial charge in [-0.2, -0.15) is 0 Å². The summed E-state index contributed by atoms with van der Waals surface area (Å²) in [4.78, 5) is 4.91. The van der Waals surface area contributed by atoms with Crippen molar-refractivity contribution < 1.29 is 4.74 Å². The molecule has 3 aliphatic heterocycles. The second-order valence-electron chi connectivity index (χ2n) is 8.31. The van der Waals surface area contributed by atoms with Crippen molar-refractivity contribution in [2.45, 2.75) is 34.8 Å². The number of fused-ring (bicyclic) bond motifs is 5. The molecule has 5 heteroatoms. The third-order valence-electron chi connectivity index (χ3n) is 6.58. The molecule has 0 radical (unpaired) electrons.